The molecule has 1 aliphatic rings. The highest BCUT2D eigenvalue weighted by Gasteiger charge is 2.29. The highest BCUT2D eigenvalue weighted by molar-refractivity contribution is 5.45. The zero-order valence-electron chi connectivity index (χ0n) is 8.69. The van der Waals surface area contributed by atoms with Gasteiger partial charge in [0.15, 0.2) is 5.69 Å². The summed E-state index contributed by atoms with van der Waals surface area (Å²) in [5.74, 6) is 6.29. The highest BCUT2D eigenvalue weighted by Crippen LogP contribution is 2.24. The lowest BCUT2D eigenvalue weighted by atomic mass is 10.1. The predicted molar refractivity (Wildman–Crippen MR) is 58.5 cm³/mol. The van der Waals surface area contributed by atoms with Crippen molar-refractivity contribution in [1.82, 2.24) is 9.58 Å². The molecular weight excluding hydrogens is 188 g/mol. The molecule has 1 fully saturated rings. The van der Waals surface area contributed by atoms with Gasteiger partial charge in [0.25, 0.3) is 0 Å². The van der Waals surface area contributed by atoms with E-state index in [9.17, 15) is 0 Å². The maximum atomic E-state index is 8.81. The highest BCUT2D eigenvalue weighted by atomic mass is 15.6. The van der Waals surface area contributed by atoms with Crippen LogP contribution in [0.1, 0.15) is 24.8 Å². The molecule has 2 rings (SSSR count). The van der Waals surface area contributed by atoms with Crippen molar-refractivity contribution in [2.24, 2.45) is 5.84 Å². The molecule has 1 saturated heterocycles. The van der Waals surface area contributed by atoms with E-state index in [1.165, 1.54) is 6.42 Å². The number of nitrogens with two attached hydrogens (primary N) is 1. The van der Waals surface area contributed by atoms with Crippen molar-refractivity contribution in [3.05, 3.63) is 24.0 Å². The molecule has 1 aromatic rings. The summed E-state index contributed by atoms with van der Waals surface area (Å²) in [5.41, 5.74) is 1.54. The van der Waals surface area contributed by atoms with Crippen LogP contribution in [0.15, 0.2) is 18.5 Å². The van der Waals surface area contributed by atoms with Crippen molar-refractivity contribution in [3.8, 4) is 6.07 Å². The zero-order chi connectivity index (χ0) is 10.7. The number of rotatable bonds is 1. The fourth-order valence-corrected chi connectivity index (χ4v) is 2.07. The second-order valence-electron chi connectivity index (χ2n) is 4.09. The Kier molecular flexibility index (Phi) is 2.67. The number of hydrogen-bond donors (Lipinski definition) is 1. The number of piperidine rings is 1. The Bertz CT molecular complexity index is 388. The van der Waals surface area contributed by atoms with E-state index < -0.39 is 0 Å². The largest absolute Gasteiger partial charge is 0.257 e. The lowest BCUT2D eigenvalue weighted by Crippen LogP contribution is -2.58. The molecule has 0 spiro atoms. The first-order valence-corrected chi connectivity index (χ1v) is 5.26. The van der Waals surface area contributed by atoms with E-state index in [0.717, 1.165) is 31.6 Å². The minimum atomic E-state index is 0.433. The van der Waals surface area contributed by atoms with Crippen molar-refractivity contribution < 1.29 is 0 Å². The maximum absolute atomic E-state index is 8.81. The fraction of sp³-hybridized carbons (Fsp3) is 0.455. The second kappa shape index (κ2) is 3.97. The summed E-state index contributed by atoms with van der Waals surface area (Å²) in [4.78, 5) is 4.06. The number of aromatic nitrogens is 1. The van der Waals surface area contributed by atoms with Crippen LogP contribution in [0.3, 0.4) is 0 Å². The van der Waals surface area contributed by atoms with Gasteiger partial charge in [-0.15, -0.1) is 0 Å². The quantitative estimate of drug-likeness (QED) is 0.553. The van der Waals surface area contributed by atoms with E-state index in [1.54, 1.807) is 12.4 Å². The van der Waals surface area contributed by atoms with Gasteiger partial charge in [-0.05, 0) is 19.3 Å². The van der Waals surface area contributed by atoms with Gasteiger partial charge in [-0.3, -0.25) is 4.98 Å². The third-order valence-electron chi connectivity index (χ3n) is 2.98. The molecule has 0 saturated carbocycles. The van der Waals surface area contributed by atoms with Gasteiger partial charge >= 0.3 is 0 Å². The molecule has 0 aromatic carbocycles. The molecule has 0 atom stereocenters. The van der Waals surface area contributed by atoms with Gasteiger partial charge in [0.1, 0.15) is 19.2 Å². The second-order valence-corrected chi connectivity index (χ2v) is 4.09. The predicted octanol–water partition coefficient (Wildman–Crippen LogP) is 1.32. The smallest absolute Gasteiger partial charge is 0.171 e. The van der Waals surface area contributed by atoms with Gasteiger partial charge < -0.3 is 0 Å². The summed E-state index contributed by atoms with van der Waals surface area (Å²) in [6.45, 7) is 1.88. The summed E-state index contributed by atoms with van der Waals surface area (Å²) in [7, 11) is 0. The number of nitrogens with zero attached hydrogens (tertiary/aromatic N) is 3. The first-order valence-electron chi connectivity index (χ1n) is 5.26. The lowest BCUT2D eigenvalue weighted by molar-refractivity contribution is 0.234. The maximum Gasteiger partial charge on any atom is 0.171 e. The molecule has 0 unspecified atom stereocenters. The normalized spacial score (nSPS) is 19.5. The topological polar surface area (TPSA) is 62.7 Å². The van der Waals surface area contributed by atoms with E-state index in [2.05, 4.69) is 11.1 Å². The van der Waals surface area contributed by atoms with Crippen molar-refractivity contribution in [3.63, 3.8) is 0 Å². The molecule has 4 heteroatoms. The molecule has 2 N–H and O–H groups in total. The third kappa shape index (κ3) is 1.99. The number of hydrogen-bond acceptors (Lipinski definition) is 3. The molecule has 4 nitrogen and oxygen atoms in total. The van der Waals surface area contributed by atoms with E-state index in [4.69, 9.17) is 11.1 Å². The SMILES string of the molecule is N#Cc1cncc([N+]2(N)CCCCC2)c1. The minimum absolute atomic E-state index is 0.433. The molecule has 1 aromatic heterocycles. The summed E-state index contributed by atoms with van der Waals surface area (Å²) >= 11 is 0. The van der Waals surface area contributed by atoms with Gasteiger partial charge in [-0.25, -0.2) is 4.59 Å². The molecule has 0 amide bonds. The summed E-state index contributed by atoms with van der Waals surface area (Å²) < 4.78 is 0.433. The number of pyridine rings is 1. The molecule has 0 aliphatic carbocycles. The minimum Gasteiger partial charge on any atom is -0.257 e. The van der Waals surface area contributed by atoms with E-state index in [0.29, 0.717) is 10.2 Å². The van der Waals surface area contributed by atoms with E-state index >= 15 is 0 Å². The number of nitriles is 1. The van der Waals surface area contributed by atoms with Crippen LogP contribution in [0.2, 0.25) is 0 Å². The average Bonchev–Trinajstić information content (AvgIpc) is 2.30. The van der Waals surface area contributed by atoms with Crippen LogP contribution in [0.4, 0.5) is 5.69 Å². The Balaban J connectivity index is 2.31. The lowest BCUT2D eigenvalue weighted by Gasteiger charge is -2.35. The molecular formula is C11H15N4+. The Labute approximate surface area is 89.5 Å². The summed E-state index contributed by atoms with van der Waals surface area (Å²) in [5, 5.41) is 8.81. The molecule has 0 radical (unpaired) electrons. The first kappa shape index (κ1) is 10.1. The van der Waals surface area contributed by atoms with Crippen LogP contribution in [-0.2, 0) is 0 Å². The van der Waals surface area contributed by atoms with Crippen LogP contribution < -0.4 is 10.4 Å². The van der Waals surface area contributed by atoms with E-state index in [1.807, 2.05) is 6.07 Å². The molecule has 2 heterocycles. The molecule has 78 valence electrons. The van der Waals surface area contributed by atoms with Crippen LogP contribution in [-0.4, -0.2) is 18.1 Å². The summed E-state index contributed by atoms with van der Waals surface area (Å²) in [6.07, 6.45) is 6.88. The Hall–Kier alpha value is -1.44. The Morgan fingerprint density at radius 2 is 2.00 bits per heavy atom. The van der Waals surface area contributed by atoms with Gasteiger partial charge in [0, 0.05) is 12.3 Å². The van der Waals surface area contributed by atoms with Crippen LogP contribution >= 0.6 is 0 Å². The van der Waals surface area contributed by atoms with Crippen molar-refractivity contribution in [1.29, 1.82) is 5.26 Å². The average molecular weight is 203 g/mol. The monoisotopic (exact) mass is 203 g/mol. The van der Waals surface area contributed by atoms with Crippen molar-refractivity contribution in [2.75, 3.05) is 13.1 Å². The van der Waals surface area contributed by atoms with Gasteiger partial charge in [-0.2, -0.15) is 11.1 Å². The fourth-order valence-electron chi connectivity index (χ4n) is 2.07. The molecule has 15 heavy (non-hydrogen) atoms. The number of quaternary nitrogens is 1. The Morgan fingerprint density at radius 3 is 2.67 bits per heavy atom. The first-order chi connectivity index (χ1) is 7.24. The van der Waals surface area contributed by atoms with Gasteiger partial charge in [-0.1, -0.05) is 0 Å². The van der Waals surface area contributed by atoms with Crippen LogP contribution in [0.25, 0.3) is 0 Å². The summed E-state index contributed by atoms with van der Waals surface area (Å²) in [6, 6.07) is 3.94. The van der Waals surface area contributed by atoms with Crippen LogP contribution in [0.5, 0.6) is 0 Å². The molecule has 0 bridgehead atoms. The van der Waals surface area contributed by atoms with Crippen molar-refractivity contribution in [2.45, 2.75) is 19.3 Å². The van der Waals surface area contributed by atoms with E-state index in [-0.39, 0.29) is 0 Å². The third-order valence-corrected chi connectivity index (χ3v) is 2.98. The van der Waals surface area contributed by atoms with Gasteiger partial charge in [0.2, 0.25) is 0 Å². The zero-order valence-corrected chi connectivity index (χ0v) is 8.69. The van der Waals surface area contributed by atoms with Crippen LogP contribution in [0, 0.1) is 11.3 Å². The van der Waals surface area contributed by atoms with Crippen molar-refractivity contribution >= 4 is 5.69 Å². The molecule has 1 aliphatic heterocycles. The van der Waals surface area contributed by atoms with Gasteiger partial charge in [0.05, 0.1) is 11.8 Å². The Morgan fingerprint density at radius 1 is 1.27 bits per heavy atom. The standard InChI is InChI=1S/C11H15N4/c12-7-10-6-11(9-14-8-10)15(13)4-2-1-3-5-15/h6,8-9H,1-5,13H2/q+1.